The molecule has 0 atom stereocenters. The molecule has 0 aliphatic rings. The molecule has 0 aliphatic heterocycles. The number of anilines is 1. The molecule has 0 aliphatic carbocycles. The molecule has 1 aromatic carbocycles. The molecule has 20 heavy (non-hydrogen) atoms. The van der Waals surface area contributed by atoms with Crippen LogP contribution in [0.4, 0.5) is 5.82 Å². The van der Waals surface area contributed by atoms with E-state index in [-0.39, 0.29) is 0 Å². The van der Waals surface area contributed by atoms with Gasteiger partial charge in [-0.05, 0) is 55.6 Å². The van der Waals surface area contributed by atoms with E-state index in [2.05, 4.69) is 52.9 Å². The fraction of sp³-hybridized carbons (Fsp3) is 0. The van der Waals surface area contributed by atoms with E-state index in [1.54, 1.807) is 11.3 Å². The number of rotatable bonds is 2. The summed E-state index contributed by atoms with van der Waals surface area (Å²) in [5.41, 5.74) is 7.75. The van der Waals surface area contributed by atoms with Gasteiger partial charge in [-0.1, -0.05) is 33.2 Å². The number of aromatic nitrogens is 1. The first-order valence-corrected chi connectivity index (χ1v) is 8.72. The molecule has 2 N–H and O–H groups in total. The summed E-state index contributed by atoms with van der Waals surface area (Å²) in [5.74, 6) is 1.07. The smallest absolute Gasteiger partial charge is 0.186 e. The van der Waals surface area contributed by atoms with E-state index in [1.165, 1.54) is 0 Å². The van der Waals surface area contributed by atoms with Crippen molar-refractivity contribution in [1.82, 2.24) is 5.16 Å². The highest BCUT2D eigenvalue weighted by atomic mass is 79.9. The van der Waals surface area contributed by atoms with Gasteiger partial charge in [0.25, 0.3) is 0 Å². The topological polar surface area (TPSA) is 52.0 Å². The van der Waals surface area contributed by atoms with Crippen LogP contribution in [-0.4, -0.2) is 5.16 Å². The molecule has 3 nitrogen and oxygen atoms in total. The summed E-state index contributed by atoms with van der Waals surface area (Å²) in [6, 6.07) is 9.87. The van der Waals surface area contributed by atoms with Crippen LogP contribution in [0.15, 0.2) is 47.6 Å². The van der Waals surface area contributed by atoms with Gasteiger partial charge in [-0.25, -0.2) is 0 Å². The number of benzene rings is 1. The standard InChI is InChI=1S/C13H7Br3N2OS/c14-7-3-1-2-6(4-7)10-11(19-18-13(10)17)9-5-8(15)12(16)20-9/h1-5H,(H2,17,18). The van der Waals surface area contributed by atoms with Crippen LogP contribution < -0.4 is 5.73 Å². The first-order valence-electron chi connectivity index (χ1n) is 5.52. The van der Waals surface area contributed by atoms with Gasteiger partial charge in [0.1, 0.15) is 0 Å². The Morgan fingerprint density at radius 1 is 1.15 bits per heavy atom. The van der Waals surface area contributed by atoms with Crippen molar-refractivity contribution in [1.29, 1.82) is 0 Å². The number of hydrogen-bond acceptors (Lipinski definition) is 4. The van der Waals surface area contributed by atoms with Gasteiger partial charge in [0.05, 0.1) is 14.2 Å². The Bertz CT molecular complexity index is 762. The van der Waals surface area contributed by atoms with Crippen molar-refractivity contribution in [2.45, 2.75) is 0 Å². The maximum atomic E-state index is 5.97. The minimum absolute atomic E-state index is 0.388. The third-order valence-electron chi connectivity index (χ3n) is 2.70. The number of nitrogen functional groups attached to an aromatic ring is 1. The molecule has 3 rings (SSSR count). The van der Waals surface area contributed by atoms with Gasteiger partial charge in [-0.15, -0.1) is 11.3 Å². The largest absolute Gasteiger partial charge is 0.380 e. The lowest BCUT2D eigenvalue weighted by molar-refractivity contribution is 0.437. The predicted octanol–water partition coefficient (Wildman–Crippen LogP) is 5.94. The van der Waals surface area contributed by atoms with Gasteiger partial charge in [0.15, 0.2) is 11.6 Å². The Hall–Kier alpha value is -0.630. The van der Waals surface area contributed by atoms with Gasteiger partial charge in [0, 0.05) is 8.95 Å². The molecule has 0 spiro atoms. The molecule has 0 fully saturated rings. The summed E-state index contributed by atoms with van der Waals surface area (Å²) in [4.78, 5) is 0.961. The lowest BCUT2D eigenvalue weighted by Gasteiger charge is -2.01. The molecule has 0 saturated carbocycles. The van der Waals surface area contributed by atoms with Crippen molar-refractivity contribution < 1.29 is 4.52 Å². The zero-order chi connectivity index (χ0) is 14.3. The van der Waals surface area contributed by atoms with Crippen molar-refractivity contribution in [2.24, 2.45) is 0 Å². The Morgan fingerprint density at radius 3 is 2.60 bits per heavy atom. The minimum atomic E-state index is 0.388. The van der Waals surface area contributed by atoms with E-state index in [0.29, 0.717) is 11.6 Å². The van der Waals surface area contributed by atoms with Crippen molar-refractivity contribution in [3.05, 3.63) is 43.1 Å². The summed E-state index contributed by atoms with van der Waals surface area (Å²) < 4.78 is 8.39. The fourth-order valence-electron chi connectivity index (χ4n) is 1.85. The molecule has 0 unspecified atom stereocenters. The summed E-state index contributed by atoms with van der Waals surface area (Å²) in [7, 11) is 0. The van der Waals surface area contributed by atoms with Crippen molar-refractivity contribution in [3.63, 3.8) is 0 Å². The van der Waals surface area contributed by atoms with Crippen LogP contribution in [0.2, 0.25) is 0 Å². The Kier molecular flexibility index (Phi) is 4.03. The maximum absolute atomic E-state index is 5.97. The maximum Gasteiger partial charge on any atom is 0.186 e. The molecule has 0 bridgehead atoms. The van der Waals surface area contributed by atoms with Gasteiger partial charge < -0.3 is 10.3 Å². The van der Waals surface area contributed by atoms with Crippen LogP contribution in [0.1, 0.15) is 0 Å². The van der Waals surface area contributed by atoms with Crippen molar-refractivity contribution in [3.8, 4) is 21.8 Å². The van der Waals surface area contributed by atoms with Gasteiger partial charge in [-0.2, -0.15) is 0 Å². The van der Waals surface area contributed by atoms with Gasteiger partial charge >= 0.3 is 0 Å². The molecular formula is C13H7Br3N2OS. The fourth-order valence-corrected chi connectivity index (χ4v) is 4.27. The normalized spacial score (nSPS) is 10.9. The second kappa shape index (κ2) is 5.63. The predicted molar refractivity (Wildman–Crippen MR) is 92.8 cm³/mol. The van der Waals surface area contributed by atoms with E-state index in [0.717, 1.165) is 28.7 Å². The van der Waals surface area contributed by atoms with Crippen LogP contribution in [0.25, 0.3) is 21.8 Å². The van der Waals surface area contributed by atoms with Crippen LogP contribution in [0.3, 0.4) is 0 Å². The number of halogens is 3. The molecule has 7 heteroatoms. The van der Waals surface area contributed by atoms with Crippen LogP contribution >= 0.6 is 59.1 Å². The summed E-state index contributed by atoms with van der Waals surface area (Å²) in [6.45, 7) is 0. The van der Waals surface area contributed by atoms with Crippen LogP contribution in [-0.2, 0) is 0 Å². The summed E-state index contributed by atoms with van der Waals surface area (Å²) >= 11 is 12.0. The Labute approximate surface area is 144 Å². The third-order valence-corrected chi connectivity index (χ3v) is 6.45. The van der Waals surface area contributed by atoms with Gasteiger partial charge in [0.2, 0.25) is 0 Å². The van der Waals surface area contributed by atoms with Gasteiger partial charge in [-0.3, -0.25) is 0 Å². The van der Waals surface area contributed by atoms with Crippen LogP contribution in [0.5, 0.6) is 0 Å². The molecule has 102 valence electrons. The summed E-state index contributed by atoms with van der Waals surface area (Å²) in [6.07, 6.45) is 0. The first kappa shape index (κ1) is 14.3. The number of hydrogen-bond donors (Lipinski definition) is 1. The van der Waals surface area contributed by atoms with Crippen molar-refractivity contribution >= 4 is 64.9 Å². The molecule has 3 aromatic rings. The highest BCUT2D eigenvalue weighted by Crippen LogP contribution is 2.44. The van der Waals surface area contributed by atoms with E-state index in [1.807, 2.05) is 30.3 Å². The second-order valence-corrected chi connectivity index (χ2v) is 8.15. The monoisotopic (exact) mass is 476 g/mol. The molecule has 0 radical (unpaired) electrons. The van der Waals surface area contributed by atoms with E-state index >= 15 is 0 Å². The Balaban J connectivity index is 2.19. The van der Waals surface area contributed by atoms with E-state index in [9.17, 15) is 0 Å². The molecule has 0 saturated heterocycles. The average Bonchev–Trinajstić information content (AvgIpc) is 2.93. The summed E-state index contributed by atoms with van der Waals surface area (Å²) in [5, 5.41) is 3.90. The number of thiophene rings is 1. The zero-order valence-corrected chi connectivity index (χ0v) is 15.4. The number of nitrogens with two attached hydrogens (primary N) is 1. The average molecular weight is 479 g/mol. The Morgan fingerprint density at radius 2 is 1.95 bits per heavy atom. The minimum Gasteiger partial charge on any atom is -0.380 e. The molecule has 2 aromatic heterocycles. The number of nitrogens with zero attached hydrogens (tertiary/aromatic N) is 1. The second-order valence-electron chi connectivity index (χ2n) is 4.01. The molecular weight excluding hydrogens is 472 g/mol. The van der Waals surface area contributed by atoms with Crippen LogP contribution in [0, 0.1) is 0 Å². The SMILES string of the molecule is Nc1noc(-c2cc(Br)c(Br)s2)c1-c1cccc(Br)c1. The van der Waals surface area contributed by atoms with E-state index < -0.39 is 0 Å². The highest BCUT2D eigenvalue weighted by Gasteiger charge is 2.20. The highest BCUT2D eigenvalue weighted by molar-refractivity contribution is 9.13. The molecule has 2 heterocycles. The zero-order valence-electron chi connectivity index (χ0n) is 9.86. The first-order chi connectivity index (χ1) is 9.56. The quantitative estimate of drug-likeness (QED) is 0.496. The van der Waals surface area contributed by atoms with Crippen molar-refractivity contribution in [2.75, 3.05) is 5.73 Å². The lowest BCUT2D eigenvalue weighted by Crippen LogP contribution is -1.88. The lowest BCUT2D eigenvalue weighted by atomic mass is 10.1. The third kappa shape index (κ3) is 2.59. The van der Waals surface area contributed by atoms with E-state index in [4.69, 9.17) is 10.3 Å². The molecule has 0 amide bonds.